The summed E-state index contributed by atoms with van der Waals surface area (Å²) in [5.41, 5.74) is 2.09. The Morgan fingerprint density at radius 3 is 2.71 bits per heavy atom. The molecule has 1 unspecified atom stereocenters. The number of nitrogens with zero attached hydrogens (tertiary/aromatic N) is 2. The van der Waals surface area contributed by atoms with E-state index in [1.54, 1.807) is 0 Å². The maximum absolute atomic E-state index is 13.5. The van der Waals surface area contributed by atoms with Crippen molar-refractivity contribution >= 4 is 11.6 Å². The number of pyridine rings is 1. The summed E-state index contributed by atoms with van der Waals surface area (Å²) in [7, 11) is 1.99. The lowest BCUT2D eigenvalue weighted by molar-refractivity contribution is 0.413. The highest BCUT2D eigenvalue weighted by Gasteiger charge is 2.21. The zero-order valence-corrected chi connectivity index (χ0v) is 9.50. The van der Waals surface area contributed by atoms with Gasteiger partial charge < -0.3 is 15.6 Å². The fraction of sp³-hybridized carbons (Fsp3) is 0.500. The lowest BCUT2D eigenvalue weighted by Gasteiger charge is -2.15. The molecule has 1 aromatic heterocycles. The Morgan fingerprint density at radius 2 is 2.12 bits per heavy atom. The van der Waals surface area contributed by atoms with E-state index in [-0.39, 0.29) is 17.7 Å². The second kappa shape index (κ2) is 4.80. The predicted molar refractivity (Wildman–Crippen MR) is 61.5 cm³/mol. The molecule has 1 saturated heterocycles. The van der Waals surface area contributed by atoms with Crippen LogP contribution in [0, 0.1) is 11.6 Å². The van der Waals surface area contributed by atoms with Crippen molar-refractivity contribution in [3.05, 3.63) is 17.7 Å². The number of hydrogen-bond donors (Lipinski definition) is 3. The van der Waals surface area contributed by atoms with Gasteiger partial charge in [-0.15, -0.1) is 0 Å². The zero-order valence-electron chi connectivity index (χ0n) is 9.50. The summed E-state index contributed by atoms with van der Waals surface area (Å²) in [6, 6.07) is 0.890. The van der Waals surface area contributed by atoms with Crippen molar-refractivity contribution in [2.24, 2.45) is 5.84 Å². The first-order valence-corrected chi connectivity index (χ1v) is 5.38. The molecule has 1 aliphatic rings. The average Bonchev–Trinajstić information content (AvgIpc) is 2.68. The van der Waals surface area contributed by atoms with Crippen LogP contribution in [0.15, 0.2) is 6.07 Å². The molecule has 94 valence electrons. The summed E-state index contributed by atoms with van der Waals surface area (Å²) >= 11 is 0. The average molecular weight is 243 g/mol. The first-order valence-electron chi connectivity index (χ1n) is 5.38. The van der Waals surface area contributed by atoms with Crippen LogP contribution in [0.3, 0.4) is 0 Å². The van der Waals surface area contributed by atoms with E-state index in [1.165, 1.54) is 0 Å². The molecule has 0 radical (unpaired) electrons. The Balaban J connectivity index is 2.15. The topological polar surface area (TPSA) is 66.2 Å². The molecule has 1 aromatic rings. The number of halogens is 2. The number of likely N-dealkylation sites (N-methyl/N-ethyl adjacent to an activating group) is 1. The Labute approximate surface area is 98.0 Å². The van der Waals surface area contributed by atoms with Crippen molar-refractivity contribution in [1.29, 1.82) is 0 Å². The fourth-order valence-corrected chi connectivity index (χ4v) is 1.92. The molecule has 1 fully saturated rings. The summed E-state index contributed by atoms with van der Waals surface area (Å²) in [6.07, 6.45) is 0.903. The van der Waals surface area contributed by atoms with Gasteiger partial charge in [0, 0.05) is 18.7 Å². The maximum Gasteiger partial charge on any atom is 0.178 e. The quantitative estimate of drug-likeness (QED) is 0.540. The minimum atomic E-state index is -0.806. The van der Waals surface area contributed by atoms with Crippen molar-refractivity contribution in [2.75, 3.05) is 30.9 Å². The number of hydrazine groups is 1. The number of rotatable bonds is 3. The van der Waals surface area contributed by atoms with Gasteiger partial charge >= 0.3 is 0 Å². The lowest BCUT2D eigenvalue weighted by Crippen LogP contribution is -2.25. The molecule has 2 rings (SSSR count). The van der Waals surface area contributed by atoms with E-state index in [1.807, 2.05) is 7.05 Å². The van der Waals surface area contributed by atoms with Gasteiger partial charge in [0.05, 0.1) is 0 Å². The number of aromatic nitrogens is 1. The first-order chi connectivity index (χ1) is 8.10. The lowest BCUT2D eigenvalue weighted by atomic mass is 10.2. The third-order valence-electron chi connectivity index (χ3n) is 2.80. The largest absolute Gasteiger partial charge is 0.363 e. The summed E-state index contributed by atoms with van der Waals surface area (Å²) < 4.78 is 26.6. The number of hydrogen-bond acceptors (Lipinski definition) is 5. The maximum atomic E-state index is 13.5. The van der Waals surface area contributed by atoms with Gasteiger partial charge in [0.25, 0.3) is 0 Å². The molecule has 1 atom stereocenters. The summed E-state index contributed by atoms with van der Waals surface area (Å²) in [5, 5.41) is 2.95. The molecule has 0 aromatic carbocycles. The minimum absolute atomic E-state index is 0.0275. The molecule has 2 heterocycles. The van der Waals surface area contributed by atoms with E-state index >= 15 is 0 Å². The van der Waals surface area contributed by atoms with E-state index in [0.29, 0.717) is 0 Å². The number of likely N-dealkylation sites (tertiary alicyclic amines) is 1. The van der Waals surface area contributed by atoms with Gasteiger partial charge in [-0.3, -0.25) is 0 Å². The van der Waals surface area contributed by atoms with Crippen LogP contribution in [0.4, 0.5) is 20.4 Å². The summed E-state index contributed by atoms with van der Waals surface area (Å²) in [4.78, 5) is 5.89. The molecule has 0 aliphatic carbocycles. The van der Waals surface area contributed by atoms with E-state index in [4.69, 9.17) is 5.84 Å². The normalized spacial score (nSPS) is 20.6. The predicted octanol–water partition coefficient (Wildman–Crippen LogP) is 0.761. The third-order valence-corrected chi connectivity index (χ3v) is 2.80. The number of nitrogens with two attached hydrogens (primary N) is 1. The molecule has 0 amide bonds. The molecular weight excluding hydrogens is 228 g/mol. The first kappa shape index (κ1) is 12.0. The van der Waals surface area contributed by atoms with Crippen LogP contribution in [-0.4, -0.2) is 36.1 Å². The molecule has 0 bridgehead atoms. The highest BCUT2D eigenvalue weighted by molar-refractivity contribution is 5.47. The second-order valence-corrected chi connectivity index (χ2v) is 4.19. The smallest absolute Gasteiger partial charge is 0.178 e. The Bertz CT molecular complexity index is 412. The van der Waals surface area contributed by atoms with Crippen molar-refractivity contribution < 1.29 is 8.78 Å². The Hall–Kier alpha value is -1.47. The van der Waals surface area contributed by atoms with Crippen LogP contribution in [0.1, 0.15) is 6.42 Å². The van der Waals surface area contributed by atoms with E-state index in [2.05, 4.69) is 20.6 Å². The molecule has 5 nitrogen and oxygen atoms in total. The summed E-state index contributed by atoms with van der Waals surface area (Å²) in [5.74, 6) is 3.43. The Morgan fingerprint density at radius 1 is 1.41 bits per heavy atom. The Kier molecular flexibility index (Phi) is 3.39. The van der Waals surface area contributed by atoms with E-state index in [9.17, 15) is 8.78 Å². The minimum Gasteiger partial charge on any atom is -0.363 e. The highest BCUT2D eigenvalue weighted by Crippen LogP contribution is 2.20. The number of anilines is 2. The van der Waals surface area contributed by atoms with Gasteiger partial charge in [-0.2, -0.15) is 0 Å². The molecule has 0 saturated carbocycles. The SMILES string of the molecule is CN1CCC(Nc2nc(NN)c(F)cc2F)C1. The molecule has 7 heteroatoms. The van der Waals surface area contributed by atoms with E-state index < -0.39 is 11.6 Å². The highest BCUT2D eigenvalue weighted by atomic mass is 19.1. The summed E-state index contributed by atoms with van der Waals surface area (Å²) in [6.45, 7) is 1.76. The van der Waals surface area contributed by atoms with Crippen molar-refractivity contribution in [1.82, 2.24) is 9.88 Å². The van der Waals surface area contributed by atoms with Crippen LogP contribution in [0.2, 0.25) is 0 Å². The molecular formula is C10H15F2N5. The van der Waals surface area contributed by atoms with Crippen LogP contribution in [-0.2, 0) is 0 Å². The molecule has 4 N–H and O–H groups in total. The zero-order chi connectivity index (χ0) is 12.4. The number of nitrogens with one attached hydrogen (secondary N) is 2. The van der Waals surface area contributed by atoms with Crippen LogP contribution < -0.4 is 16.6 Å². The van der Waals surface area contributed by atoms with Crippen LogP contribution in [0.25, 0.3) is 0 Å². The third kappa shape index (κ3) is 2.62. The van der Waals surface area contributed by atoms with Crippen LogP contribution in [0.5, 0.6) is 0 Å². The fourth-order valence-electron chi connectivity index (χ4n) is 1.92. The van der Waals surface area contributed by atoms with Gasteiger partial charge in [0.15, 0.2) is 23.3 Å². The molecule has 1 aliphatic heterocycles. The molecule has 17 heavy (non-hydrogen) atoms. The van der Waals surface area contributed by atoms with Gasteiger partial charge in [0.2, 0.25) is 0 Å². The van der Waals surface area contributed by atoms with Crippen molar-refractivity contribution in [2.45, 2.75) is 12.5 Å². The number of nitrogen functional groups attached to an aromatic ring is 1. The van der Waals surface area contributed by atoms with Gasteiger partial charge in [0.1, 0.15) is 0 Å². The van der Waals surface area contributed by atoms with Gasteiger partial charge in [-0.1, -0.05) is 0 Å². The monoisotopic (exact) mass is 243 g/mol. The van der Waals surface area contributed by atoms with Crippen LogP contribution >= 0.6 is 0 Å². The van der Waals surface area contributed by atoms with E-state index in [0.717, 1.165) is 25.6 Å². The second-order valence-electron chi connectivity index (χ2n) is 4.19. The van der Waals surface area contributed by atoms with Crippen molar-refractivity contribution in [3.63, 3.8) is 0 Å². The standard InChI is InChI=1S/C10H15F2N5/c1-17-3-2-6(5-17)14-9-7(11)4-8(12)10(15-9)16-13/h4,6H,2-3,5,13H2,1H3,(H2,14,15,16). The molecule has 0 spiro atoms. The van der Waals surface area contributed by atoms with Gasteiger partial charge in [-0.05, 0) is 20.0 Å². The van der Waals surface area contributed by atoms with Gasteiger partial charge in [-0.25, -0.2) is 19.6 Å². The van der Waals surface area contributed by atoms with Crippen molar-refractivity contribution in [3.8, 4) is 0 Å².